The second kappa shape index (κ2) is 4.87. The van der Waals surface area contributed by atoms with Gasteiger partial charge in [-0.05, 0) is 27.2 Å². The van der Waals surface area contributed by atoms with Crippen molar-refractivity contribution in [2.45, 2.75) is 57.6 Å². The number of carbonyl (C=O) groups is 1. The molecule has 2 heterocycles. The van der Waals surface area contributed by atoms with Gasteiger partial charge in [0.2, 0.25) is 5.91 Å². The van der Waals surface area contributed by atoms with Crippen LogP contribution in [0.3, 0.4) is 0 Å². The fraction of sp³-hybridized carbons (Fsp3) is 0.692. The van der Waals surface area contributed by atoms with Crippen LogP contribution in [0.5, 0.6) is 0 Å². The monoisotopic (exact) mass is 299 g/mol. The van der Waals surface area contributed by atoms with Crippen LogP contribution in [0.25, 0.3) is 0 Å². The Morgan fingerprint density at radius 1 is 1.35 bits per heavy atom. The summed E-state index contributed by atoms with van der Waals surface area (Å²) in [5, 5.41) is 7.23. The second-order valence-corrected chi connectivity index (χ2v) is 8.25. The maximum Gasteiger partial charge on any atom is 0.225 e. The van der Waals surface area contributed by atoms with Crippen molar-refractivity contribution in [3.8, 4) is 0 Å². The molecule has 20 heavy (non-hydrogen) atoms. The summed E-state index contributed by atoms with van der Waals surface area (Å²) in [6.45, 7) is 7.84. The second-order valence-electron chi connectivity index (χ2n) is 6.19. The number of nitrogens with one attached hydrogen (secondary N) is 1. The van der Waals surface area contributed by atoms with Crippen molar-refractivity contribution < 1.29 is 13.2 Å². The molecule has 0 radical (unpaired) electrons. The molecule has 2 rings (SSSR count). The Balaban J connectivity index is 2.45. The van der Waals surface area contributed by atoms with E-state index in [0.29, 0.717) is 23.5 Å². The topological polar surface area (TPSA) is 81.1 Å². The summed E-state index contributed by atoms with van der Waals surface area (Å²) in [7, 11) is -3.12. The van der Waals surface area contributed by atoms with Gasteiger partial charge in [0, 0.05) is 12.0 Å². The Hall–Kier alpha value is -1.37. The molecule has 0 fully saturated rings. The zero-order valence-electron chi connectivity index (χ0n) is 12.4. The van der Waals surface area contributed by atoms with E-state index in [1.807, 2.05) is 27.7 Å². The third kappa shape index (κ3) is 2.87. The number of aromatic nitrogens is 2. The molecular formula is C13H21N3O3S. The van der Waals surface area contributed by atoms with Gasteiger partial charge in [0.15, 0.2) is 9.84 Å². The summed E-state index contributed by atoms with van der Waals surface area (Å²) in [5.74, 6) is 0.347. The lowest BCUT2D eigenvalue weighted by atomic mass is 10.1. The number of carbonyl (C=O) groups excluding carboxylic acids is 1. The summed E-state index contributed by atoms with van der Waals surface area (Å²) in [4.78, 5) is 11.8. The lowest BCUT2D eigenvalue weighted by Crippen LogP contribution is -2.27. The summed E-state index contributed by atoms with van der Waals surface area (Å²) in [6.07, 6.45) is 1.16. The molecule has 0 atom stereocenters. The number of anilines is 1. The zero-order chi connectivity index (χ0) is 15.1. The molecule has 1 aromatic rings. The van der Waals surface area contributed by atoms with Gasteiger partial charge in [-0.3, -0.25) is 4.79 Å². The molecule has 1 aromatic heterocycles. The molecule has 0 aliphatic carbocycles. The SMILES string of the molecule is CCCC(=O)Nc1c2c(nn1C(C)(C)C)CS(=O)(=O)C2. The Morgan fingerprint density at radius 3 is 2.55 bits per heavy atom. The van der Waals surface area contributed by atoms with Crippen LogP contribution in [0.2, 0.25) is 0 Å². The first-order chi connectivity index (χ1) is 9.14. The number of rotatable bonds is 3. The van der Waals surface area contributed by atoms with Gasteiger partial charge in [-0.1, -0.05) is 6.92 Å². The van der Waals surface area contributed by atoms with Crippen molar-refractivity contribution in [1.82, 2.24) is 9.78 Å². The van der Waals surface area contributed by atoms with Gasteiger partial charge in [0.05, 0.1) is 22.7 Å². The third-order valence-electron chi connectivity index (χ3n) is 3.16. The fourth-order valence-corrected chi connectivity index (χ4v) is 3.77. The van der Waals surface area contributed by atoms with Crippen LogP contribution in [-0.2, 0) is 31.7 Å². The van der Waals surface area contributed by atoms with Crippen molar-refractivity contribution in [3.05, 3.63) is 11.3 Å². The van der Waals surface area contributed by atoms with Gasteiger partial charge in [-0.15, -0.1) is 0 Å². The molecule has 6 nitrogen and oxygen atoms in total. The standard InChI is InChI=1S/C13H21N3O3S/c1-5-6-11(17)14-12-9-7-20(18,19)8-10(9)15-16(12)13(2,3)4/h5-8H2,1-4H3,(H,14,17). The lowest BCUT2D eigenvalue weighted by molar-refractivity contribution is -0.116. The molecule has 0 spiro atoms. The molecule has 0 unspecified atom stereocenters. The predicted molar refractivity (Wildman–Crippen MR) is 77.1 cm³/mol. The minimum absolute atomic E-state index is 0.0396. The average molecular weight is 299 g/mol. The summed E-state index contributed by atoms with van der Waals surface area (Å²) >= 11 is 0. The highest BCUT2D eigenvalue weighted by Gasteiger charge is 2.35. The van der Waals surface area contributed by atoms with Gasteiger partial charge in [0.1, 0.15) is 5.82 Å². The summed E-state index contributed by atoms with van der Waals surface area (Å²) < 4.78 is 25.1. The number of hydrogen-bond acceptors (Lipinski definition) is 4. The van der Waals surface area contributed by atoms with Crippen LogP contribution in [0.15, 0.2) is 0 Å². The van der Waals surface area contributed by atoms with Crippen LogP contribution >= 0.6 is 0 Å². The normalized spacial score (nSPS) is 17.0. The lowest BCUT2D eigenvalue weighted by Gasteiger charge is -2.23. The third-order valence-corrected chi connectivity index (χ3v) is 4.60. The number of nitrogens with zero attached hydrogens (tertiary/aromatic N) is 2. The van der Waals surface area contributed by atoms with E-state index in [1.165, 1.54) is 0 Å². The maximum atomic E-state index is 11.8. The van der Waals surface area contributed by atoms with Crippen molar-refractivity contribution in [2.24, 2.45) is 0 Å². The fourth-order valence-electron chi connectivity index (χ4n) is 2.28. The highest BCUT2D eigenvalue weighted by molar-refractivity contribution is 7.90. The van der Waals surface area contributed by atoms with E-state index < -0.39 is 9.84 Å². The number of amides is 1. The smallest absolute Gasteiger partial charge is 0.225 e. The maximum absolute atomic E-state index is 11.8. The first-order valence-electron chi connectivity index (χ1n) is 6.75. The molecule has 0 aromatic carbocycles. The summed E-state index contributed by atoms with van der Waals surface area (Å²) in [5.41, 5.74) is 0.888. The number of sulfone groups is 1. The molecule has 1 amide bonds. The van der Waals surface area contributed by atoms with E-state index in [4.69, 9.17) is 0 Å². The Kier molecular flexibility index (Phi) is 3.66. The van der Waals surface area contributed by atoms with E-state index in [1.54, 1.807) is 4.68 Å². The van der Waals surface area contributed by atoms with Crippen LogP contribution in [0, 0.1) is 0 Å². The van der Waals surface area contributed by atoms with Gasteiger partial charge in [-0.2, -0.15) is 5.10 Å². The van der Waals surface area contributed by atoms with Crippen LogP contribution < -0.4 is 5.32 Å². The van der Waals surface area contributed by atoms with Gasteiger partial charge in [0.25, 0.3) is 0 Å². The number of fused-ring (bicyclic) bond motifs is 1. The Labute approximate surface area is 119 Å². The van der Waals surface area contributed by atoms with E-state index in [9.17, 15) is 13.2 Å². The van der Waals surface area contributed by atoms with E-state index >= 15 is 0 Å². The highest BCUT2D eigenvalue weighted by Crippen LogP contribution is 2.34. The molecule has 0 saturated carbocycles. The van der Waals surface area contributed by atoms with Crippen molar-refractivity contribution in [1.29, 1.82) is 0 Å². The first kappa shape index (κ1) is 15.0. The van der Waals surface area contributed by atoms with Gasteiger partial charge >= 0.3 is 0 Å². The van der Waals surface area contributed by atoms with E-state index in [2.05, 4.69) is 10.4 Å². The molecule has 1 aliphatic heterocycles. The molecule has 0 bridgehead atoms. The van der Waals surface area contributed by atoms with Crippen LogP contribution in [0.4, 0.5) is 5.82 Å². The van der Waals surface area contributed by atoms with Crippen molar-refractivity contribution in [2.75, 3.05) is 5.32 Å². The molecule has 7 heteroatoms. The zero-order valence-corrected chi connectivity index (χ0v) is 13.2. The largest absolute Gasteiger partial charge is 0.311 e. The van der Waals surface area contributed by atoms with E-state index in [-0.39, 0.29) is 23.0 Å². The van der Waals surface area contributed by atoms with Crippen molar-refractivity contribution in [3.63, 3.8) is 0 Å². The molecular weight excluding hydrogens is 278 g/mol. The summed E-state index contributed by atoms with van der Waals surface area (Å²) in [6, 6.07) is 0. The van der Waals surface area contributed by atoms with Crippen LogP contribution in [0.1, 0.15) is 51.8 Å². The number of hydrogen-bond donors (Lipinski definition) is 1. The Bertz CT molecular complexity index is 639. The minimum Gasteiger partial charge on any atom is -0.311 e. The molecule has 1 N–H and O–H groups in total. The Morgan fingerprint density at radius 2 is 2.00 bits per heavy atom. The molecule has 112 valence electrons. The highest BCUT2D eigenvalue weighted by atomic mass is 32.2. The van der Waals surface area contributed by atoms with E-state index in [0.717, 1.165) is 6.42 Å². The van der Waals surface area contributed by atoms with Crippen molar-refractivity contribution >= 4 is 21.6 Å². The molecule has 0 saturated heterocycles. The van der Waals surface area contributed by atoms with Crippen LogP contribution in [-0.4, -0.2) is 24.1 Å². The first-order valence-corrected chi connectivity index (χ1v) is 8.57. The quantitative estimate of drug-likeness (QED) is 0.923. The molecule has 1 aliphatic rings. The van der Waals surface area contributed by atoms with Gasteiger partial charge in [-0.25, -0.2) is 13.1 Å². The predicted octanol–water partition coefficient (Wildman–Crippen LogP) is 1.81. The minimum atomic E-state index is -3.12. The average Bonchev–Trinajstić information content (AvgIpc) is 2.72. The van der Waals surface area contributed by atoms with Gasteiger partial charge < -0.3 is 5.32 Å².